The number of aromatic nitrogens is 2. The summed E-state index contributed by atoms with van der Waals surface area (Å²) < 4.78 is 2.03. The molecule has 1 atom stereocenters. The highest BCUT2D eigenvalue weighted by Crippen LogP contribution is 2.29. The summed E-state index contributed by atoms with van der Waals surface area (Å²) in [4.78, 5) is 11.5. The summed E-state index contributed by atoms with van der Waals surface area (Å²) in [5.41, 5.74) is 0.0955. The predicted molar refractivity (Wildman–Crippen MR) is 71.0 cm³/mol. The number of nitrogens with zero attached hydrogens (tertiary/aromatic N) is 2. The molecular formula is C14H21N3O2. The van der Waals surface area contributed by atoms with E-state index in [1.54, 1.807) is 0 Å². The Morgan fingerprint density at radius 2 is 2.26 bits per heavy atom. The molecule has 5 heteroatoms. The van der Waals surface area contributed by atoms with E-state index in [0.717, 1.165) is 18.7 Å². The molecule has 2 N–H and O–H groups in total. The fourth-order valence-electron chi connectivity index (χ4n) is 3.37. The molecule has 1 aliphatic heterocycles. The Hall–Kier alpha value is -1.36. The molecule has 3 rings (SSSR count). The van der Waals surface area contributed by atoms with Gasteiger partial charge in [-0.15, -0.1) is 0 Å². The summed E-state index contributed by atoms with van der Waals surface area (Å²) in [6, 6.07) is 2.49. The van der Waals surface area contributed by atoms with Crippen molar-refractivity contribution in [1.29, 1.82) is 0 Å². The lowest BCUT2D eigenvalue weighted by Crippen LogP contribution is -2.49. The Bertz CT molecular complexity index is 457. The van der Waals surface area contributed by atoms with Gasteiger partial charge in [0, 0.05) is 12.6 Å². The van der Waals surface area contributed by atoms with Gasteiger partial charge < -0.3 is 10.4 Å². The van der Waals surface area contributed by atoms with Crippen LogP contribution in [0.25, 0.3) is 0 Å². The molecular weight excluding hydrogens is 242 g/mol. The van der Waals surface area contributed by atoms with Gasteiger partial charge in [0.2, 0.25) is 0 Å². The molecule has 1 aliphatic carbocycles. The van der Waals surface area contributed by atoms with Gasteiger partial charge in [-0.05, 0) is 38.3 Å². The van der Waals surface area contributed by atoms with E-state index in [1.165, 1.54) is 25.7 Å². The molecule has 19 heavy (non-hydrogen) atoms. The highest BCUT2D eigenvalue weighted by molar-refractivity contribution is 5.79. The largest absolute Gasteiger partial charge is 0.480 e. The zero-order chi connectivity index (χ0) is 13.3. The first-order valence-electron chi connectivity index (χ1n) is 7.22. The van der Waals surface area contributed by atoms with Crippen LogP contribution < -0.4 is 5.32 Å². The molecule has 1 saturated heterocycles. The summed E-state index contributed by atoms with van der Waals surface area (Å²) >= 11 is 0. The van der Waals surface area contributed by atoms with Crippen molar-refractivity contribution < 1.29 is 9.90 Å². The molecule has 1 aromatic heterocycles. The maximum Gasteiger partial charge on any atom is 0.324 e. The van der Waals surface area contributed by atoms with Crippen molar-refractivity contribution in [1.82, 2.24) is 15.1 Å². The Labute approximate surface area is 113 Å². The SMILES string of the molecule is O=C(O)C1(Cc2ccn(C3CCCC3)n2)CCCN1. The zero-order valence-electron chi connectivity index (χ0n) is 11.1. The Morgan fingerprint density at radius 1 is 1.47 bits per heavy atom. The van der Waals surface area contributed by atoms with E-state index in [2.05, 4.69) is 10.4 Å². The lowest BCUT2D eigenvalue weighted by molar-refractivity contribution is -0.144. The molecule has 0 radical (unpaired) electrons. The highest BCUT2D eigenvalue weighted by atomic mass is 16.4. The van der Waals surface area contributed by atoms with Gasteiger partial charge in [0.25, 0.3) is 0 Å². The van der Waals surface area contributed by atoms with Gasteiger partial charge in [0.15, 0.2) is 0 Å². The second-order valence-corrected chi connectivity index (χ2v) is 5.82. The average molecular weight is 263 g/mol. The van der Waals surface area contributed by atoms with E-state index in [-0.39, 0.29) is 0 Å². The van der Waals surface area contributed by atoms with Crippen LogP contribution in [0.3, 0.4) is 0 Å². The summed E-state index contributed by atoms with van der Waals surface area (Å²) in [7, 11) is 0. The van der Waals surface area contributed by atoms with Crippen molar-refractivity contribution in [3.8, 4) is 0 Å². The molecule has 2 heterocycles. The topological polar surface area (TPSA) is 67.1 Å². The number of nitrogens with one attached hydrogen (secondary N) is 1. The lowest BCUT2D eigenvalue weighted by atomic mass is 9.92. The number of carbonyl (C=O) groups is 1. The third-order valence-corrected chi connectivity index (χ3v) is 4.50. The molecule has 0 aromatic carbocycles. The van der Waals surface area contributed by atoms with Crippen LogP contribution in [-0.4, -0.2) is 32.9 Å². The number of hydrogen-bond acceptors (Lipinski definition) is 3. The van der Waals surface area contributed by atoms with Crippen LogP contribution in [0.2, 0.25) is 0 Å². The second-order valence-electron chi connectivity index (χ2n) is 5.82. The first kappa shape index (κ1) is 12.7. The van der Waals surface area contributed by atoms with Crippen LogP contribution in [0.4, 0.5) is 0 Å². The van der Waals surface area contributed by atoms with Gasteiger partial charge in [-0.25, -0.2) is 0 Å². The van der Waals surface area contributed by atoms with E-state index in [0.29, 0.717) is 18.9 Å². The smallest absolute Gasteiger partial charge is 0.324 e. The maximum absolute atomic E-state index is 11.5. The van der Waals surface area contributed by atoms with Crippen molar-refractivity contribution >= 4 is 5.97 Å². The van der Waals surface area contributed by atoms with E-state index in [4.69, 9.17) is 0 Å². The first-order chi connectivity index (χ1) is 9.20. The Morgan fingerprint density at radius 3 is 2.89 bits per heavy atom. The fourth-order valence-corrected chi connectivity index (χ4v) is 3.37. The third-order valence-electron chi connectivity index (χ3n) is 4.50. The number of carboxylic acid groups (broad SMARTS) is 1. The van der Waals surface area contributed by atoms with Crippen molar-refractivity contribution in [3.63, 3.8) is 0 Å². The van der Waals surface area contributed by atoms with Crippen molar-refractivity contribution in [2.45, 2.75) is 56.5 Å². The van der Waals surface area contributed by atoms with E-state index in [9.17, 15) is 9.90 Å². The van der Waals surface area contributed by atoms with Crippen LogP contribution in [0.1, 0.15) is 50.3 Å². The molecule has 1 saturated carbocycles. The van der Waals surface area contributed by atoms with Gasteiger partial charge in [0.05, 0.1) is 11.7 Å². The molecule has 1 aromatic rings. The monoisotopic (exact) mass is 263 g/mol. The minimum atomic E-state index is -0.797. The van der Waals surface area contributed by atoms with Crippen LogP contribution in [0.5, 0.6) is 0 Å². The zero-order valence-corrected chi connectivity index (χ0v) is 11.1. The van der Waals surface area contributed by atoms with Crippen molar-refractivity contribution in [3.05, 3.63) is 18.0 Å². The number of aliphatic carboxylic acids is 1. The summed E-state index contributed by atoms with van der Waals surface area (Å²) in [5.74, 6) is -0.750. The van der Waals surface area contributed by atoms with Crippen LogP contribution in [0.15, 0.2) is 12.3 Å². The maximum atomic E-state index is 11.5. The molecule has 0 amide bonds. The second kappa shape index (κ2) is 4.96. The van der Waals surface area contributed by atoms with Crippen molar-refractivity contribution in [2.24, 2.45) is 0 Å². The van der Waals surface area contributed by atoms with Gasteiger partial charge in [-0.1, -0.05) is 12.8 Å². The predicted octanol–water partition coefficient (Wildman–Crippen LogP) is 1.75. The Kier molecular flexibility index (Phi) is 3.31. The third kappa shape index (κ3) is 2.39. The molecule has 1 unspecified atom stereocenters. The summed E-state index contributed by atoms with van der Waals surface area (Å²) in [6.07, 6.45) is 9.07. The van der Waals surface area contributed by atoms with E-state index >= 15 is 0 Å². The molecule has 0 bridgehead atoms. The molecule has 2 aliphatic rings. The quantitative estimate of drug-likeness (QED) is 0.868. The molecule has 104 valence electrons. The van der Waals surface area contributed by atoms with Crippen molar-refractivity contribution in [2.75, 3.05) is 6.54 Å². The number of hydrogen-bond donors (Lipinski definition) is 2. The minimum Gasteiger partial charge on any atom is -0.480 e. The average Bonchev–Trinajstić information content (AvgIpc) is 3.10. The molecule has 0 spiro atoms. The molecule has 5 nitrogen and oxygen atoms in total. The standard InChI is InChI=1S/C14H21N3O2/c18-13(19)14(7-3-8-15-14)10-11-6-9-17(16-11)12-4-1-2-5-12/h6,9,12,15H,1-5,7-8,10H2,(H,18,19). The van der Waals surface area contributed by atoms with Gasteiger partial charge in [-0.3, -0.25) is 9.48 Å². The normalized spacial score (nSPS) is 28.0. The van der Waals surface area contributed by atoms with Crippen LogP contribution in [-0.2, 0) is 11.2 Å². The van der Waals surface area contributed by atoms with Crippen LogP contribution in [0, 0.1) is 0 Å². The van der Waals surface area contributed by atoms with Crippen LogP contribution >= 0.6 is 0 Å². The summed E-state index contributed by atoms with van der Waals surface area (Å²) in [6.45, 7) is 0.787. The number of rotatable bonds is 4. The first-order valence-corrected chi connectivity index (χ1v) is 7.22. The fraction of sp³-hybridized carbons (Fsp3) is 0.714. The van der Waals surface area contributed by atoms with E-state index < -0.39 is 11.5 Å². The minimum absolute atomic E-state index is 0.488. The highest BCUT2D eigenvalue weighted by Gasteiger charge is 2.41. The van der Waals surface area contributed by atoms with Gasteiger partial charge >= 0.3 is 5.97 Å². The number of carboxylic acids is 1. The van der Waals surface area contributed by atoms with Gasteiger partial charge in [0.1, 0.15) is 5.54 Å². The molecule has 2 fully saturated rings. The van der Waals surface area contributed by atoms with Gasteiger partial charge in [-0.2, -0.15) is 5.10 Å². The summed E-state index contributed by atoms with van der Waals surface area (Å²) in [5, 5.41) is 17.2. The van der Waals surface area contributed by atoms with E-state index in [1.807, 2.05) is 16.9 Å². The lowest BCUT2D eigenvalue weighted by Gasteiger charge is -2.23. The Balaban J connectivity index is 1.73.